The molecule has 0 aromatic carbocycles. The molecule has 1 aromatic heterocycles. The van der Waals surface area contributed by atoms with Gasteiger partial charge in [-0.05, 0) is 12.6 Å². The Bertz CT molecular complexity index is 239. The van der Waals surface area contributed by atoms with Crippen LogP contribution in [0.5, 0.6) is 0 Å². The van der Waals surface area contributed by atoms with Gasteiger partial charge >= 0.3 is 0 Å². The van der Waals surface area contributed by atoms with Crippen molar-refractivity contribution in [3.63, 3.8) is 0 Å². The highest BCUT2D eigenvalue weighted by molar-refractivity contribution is 4.97. The highest BCUT2D eigenvalue weighted by Gasteiger charge is 2.05. The lowest BCUT2D eigenvalue weighted by Crippen LogP contribution is -2.13. The molecule has 0 unspecified atom stereocenters. The second-order valence-corrected chi connectivity index (χ2v) is 2.61. The number of H-pyrrole nitrogens is 1. The fourth-order valence-electron chi connectivity index (χ4n) is 1.18. The third-order valence-electron chi connectivity index (χ3n) is 1.73. The Hall–Kier alpha value is -1.32. The molecule has 0 fully saturated rings. The first-order valence-electron chi connectivity index (χ1n) is 3.70. The molecular formula is C7H10N4. The standard InChI is InChI=1S/C7H10N4/c1-2-4-11(3-1)6-7-5-8-10-9-7/h1,3,5H,2,4,6H2,(H,8,9,10). The Morgan fingerprint density at radius 3 is 3.27 bits per heavy atom. The Kier molecular flexibility index (Phi) is 1.59. The summed E-state index contributed by atoms with van der Waals surface area (Å²) in [4.78, 5) is 2.22. The van der Waals surface area contributed by atoms with Gasteiger partial charge in [0.25, 0.3) is 0 Å². The molecule has 2 rings (SSSR count). The van der Waals surface area contributed by atoms with Crippen LogP contribution in [-0.4, -0.2) is 26.9 Å². The first-order valence-corrected chi connectivity index (χ1v) is 3.70. The summed E-state index contributed by atoms with van der Waals surface area (Å²) in [5, 5.41) is 10.3. The van der Waals surface area contributed by atoms with E-state index in [2.05, 4.69) is 32.6 Å². The minimum Gasteiger partial charge on any atom is -0.371 e. The third kappa shape index (κ3) is 1.39. The van der Waals surface area contributed by atoms with E-state index >= 15 is 0 Å². The van der Waals surface area contributed by atoms with Crippen molar-refractivity contribution in [3.05, 3.63) is 24.2 Å². The third-order valence-corrected chi connectivity index (χ3v) is 1.73. The first kappa shape index (κ1) is 6.39. The molecule has 0 aliphatic carbocycles. The van der Waals surface area contributed by atoms with E-state index in [4.69, 9.17) is 0 Å². The molecule has 0 spiro atoms. The second kappa shape index (κ2) is 2.74. The van der Waals surface area contributed by atoms with Crippen molar-refractivity contribution in [3.8, 4) is 0 Å². The van der Waals surface area contributed by atoms with Gasteiger partial charge in [0.05, 0.1) is 12.7 Å². The predicted octanol–water partition coefficient (Wildman–Crippen LogP) is 0.524. The number of aromatic nitrogens is 3. The molecule has 0 amide bonds. The van der Waals surface area contributed by atoms with Crippen LogP contribution in [0.4, 0.5) is 0 Å². The zero-order valence-corrected chi connectivity index (χ0v) is 6.20. The van der Waals surface area contributed by atoms with E-state index in [1.54, 1.807) is 6.20 Å². The first-order chi connectivity index (χ1) is 5.45. The molecule has 11 heavy (non-hydrogen) atoms. The molecule has 1 N–H and O–H groups in total. The summed E-state index contributed by atoms with van der Waals surface area (Å²) in [7, 11) is 0. The van der Waals surface area contributed by atoms with Gasteiger partial charge in [-0.1, -0.05) is 6.08 Å². The van der Waals surface area contributed by atoms with E-state index in [-0.39, 0.29) is 0 Å². The number of nitrogens with zero attached hydrogens (tertiary/aromatic N) is 3. The molecule has 4 nitrogen and oxygen atoms in total. The summed E-state index contributed by atoms with van der Waals surface area (Å²) in [6.07, 6.45) is 7.18. The number of hydrogen-bond donors (Lipinski definition) is 1. The number of nitrogens with one attached hydrogen (secondary N) is 1. The monoisotopic (exact) mass is 150 g/mol. The Balaban J connectivity index is 1.95. The van der Waals surface area contributed by atoms with Gasteiger partial charge < -0.3 is 4.90 Å². The highest BCUT2D eigenvalue weighted by atomic mass is 15.3. The van der Waals surface area contributed by atoms with Crippen LogP contribution in [0.1, 0.15) is 12.1 Å². The van der Waals surface area contributed by atoms with Crippen molar-refractivity contribution >= 4 is 0 Å². The smallest absolute Gasteiger partial charge is 0.102 e. The van der Waals surface area contributed by atoms with Crippen LogP contribution in [0.25, 0.3) is 0 Å². The predicted molar refractivity (Wildman–Crippen MR) is 40.5 cm³/mol. The molecule has 1 aromatic rings. The van der Waals surface area contributed by atoms with Crippen LogP contribution in [0.3, 0.4) is 0 Å². The van der Waals surface area contributed by atoms with Crippen molar-refractivity contribution in [1.82, 2.24) is 20.3 Å². The minimum absolute atomic E-state index is 0.868. The molecule has 1 aliphatic rings. The summed E-state index contributed by atoms with van der Waals surface area (Å²) in [6, 6.07) is 0. The zero-order chi connectivity index (χ0) is 7.52. The average Bonchev–Trinajstić information content (AvgIpc) is 2.60. The quantitative estimate of drug-likeness (QED) is 0.668. The zero-order valence-electron chi connectivity index (χ0n) is 6.20. The fourth-order valence-corrected chi connectivity index (χ4v) is 1.18. The van der Waals surface area contributed by atoms with Crippen LogP contribution < -0.4 is 0 Å². The average molecular weight is 150 g/mol. The summed E-state index contributed by atoms with van der Waals surface area (Å²) >= 11 is 0. The van der Waals surface area contributed by atoms with Crippen molar-refractivity contribution in [2.45, 2.75) is 13.0 Å². The SMILES string of the molecule is C1=CN(Cc2cn[nH]n2)CC1. The van der Waals surface area contributed by atoms with Gasteiger partial charge in [0.2, 0.25) is 0 Å². The van der Waals surface area contributed by atoms with Crippen LogP contribution >= 0.6 is 0 Å². The van der Waals surface area contributed by atoms with E-state index in [1.807, 2.05) is 0 Å². The van der Waals surface area contributed by atoms with Crippen LogP contribution in [0.2, 0.25) is 0 Å². The largest absolute Gasteiger partial charge is 0.371 e. The Morgan fingerprint density at radius 2 is 2.64 bits per heavy atom. The van der Waals surface area contributed by atoms with E-state index < -0.39 is 0 Å². The topological polar surface area (TPSA) is 44.8 Å². The normalized spacial score (nSPS) is 16.2. The molecular weight excluding hydrogens is 140 g/mol. The lowest BCUT2D eigenvalue weighted by atomic mass is 10.4. The minimum atomic E-state index is 0.868. The van der Waals surface area contributed by atoms with Crippen molar-refractivity contribution in [2.75, 3.05) is 6.54 Å². The molecule has 0 radical (unpaired) electrons. The molecule has 0 saturated carbocycles. The Morgan fingerprint density at radius 1 is 1.64 bits per heavy atom. The van der Waals surface area contributed by atoms with Crippen molar-refractivity contribution in [1.29, 1.82) is 0 Å². The summed E-state index contributed by atoms with van der Waals surface area (Å²) in [6.45, 7) is 1.97. The van der Waals surface area contributed by atoms with E-state index in [1.165, 1.54) is 0 Å². The van der Waals surface area contributed by atoms with Crippen molar-refractivity contribution < 1.29 is 0 Å². The Labute approximate surface area is 64.9 Å². The maximum atomic E-state index is 3.97. The van der Waals surface area contributed by atoms with Crippen LogP contribution in [-0.2, 0) is 6.54 Å². The van der Waals surface area contributed by atoms with Crippen LogP contribution in [0, 0.1) is 0 Å². The van der Waals surface area contributed by atoms with Gasteiger partial charge in [-0.15, -0.1) is 0 Å². The van der Waals surface area contributed by atoms with E-state index in [9.17, 15) is 0 Å². The van der Waals surface area contributed by atoms with Crippen LogP contribution in [0.15, 0.2) is 18.5 Å². The van der Waals surface area contributed by atoms with Gasteiger partial charge in [0.15, 0.2) is 0 Å². The lowest BCUT2D eigenvalue weighted by Gasteiger charge is -2.11. The lowest BCUT2D eigenvalue weighted by molar-refractivity contribution is 0.394. The van der Waals surface area contributed by atoms with Gasteiger partial charge in [-0.2, -0.15) is 15.4 Å². The van der Waals surface area contributed by atoms with Gasteiger partial charge in [-0.3, -0.25) is 0 Å². The number of aromatic amines is 1. The maximum absolute atomic E-state index is 3.97. The maximum Gasteiger partial charge on any atom is 0.102 e. The molecule has 0 atom stereocenters. The molecule has 0 bridgehead atoms. The van der Waals surface area contributed by atoms with E-state index in [0.717, 1.165) is 25.2 Å². The number of rotatable bonds is 2. The number of hydrogen-bond acceptors (Lipinski definition) is 3. The molecule has 1 aliphatic heterocycles. The molecule has 2 heterocycles. The fraction of sp³-hybridized carbons (Fsp3) is 0.429. The van der Waals surface area contributed by atoms with Gasteiger partial charge in [0, 0.05) is 6.54 Å². The highest BCUT2D eigenvalue weighted by Crippen LogP contribution is 2.07. The summed E-state index contributed by atoms with van der Waals surface area (Å²) in [5.74, 6) is 0. The van der Waals surface area contributed by atoms with Crippen molar-refractivity contribution in [2.24, 2.45) is 0 Å². The molecule has 4 heteroatoms. The van der Waals surface area contributed by atoms with Gasteiger partial charge in [-0.25, -0.2) is 0 Å². The van der Waals surface area contributed by atoms with Gasteiger partial charge in [0.1, 0.15) is 5.69 Å². The molecule has 0 saturated heterocycles. The van der Waals surface area contributed by atoms with E-state index in [0.29, 0.717) is 0 Å². The molecule has 58 valence electrons. The summed E-state index contributed by atoms with van der Waals surface area (Å²) < 4.78 is 0. The summed E-state index contributed by atoms with van der Waals surface area (Å²) in [5.41, 5.74) is 0.997. The second-order valence-electron chi connectivity index (χ2n) is 2.61.